The van der Waals surface area contributed by atoms with Gasteiger partial charge >= 0.3 is 0 Å². The molecule has 33 heavy (non-hydrogen) atoms. The summed E-state index contributed by atoms with van der Waals surface area (Å²) in [7, 11) is 0. The molecule has 1 amide bonds. The zero-order chi connectivity index (χ0) is 23.4. The van der Waals surface area contributed by atoms with Crippen molar-refractivity contribution in [1.29, 1.82) is 5.41 Å². The van der Waals surface area contributed by atoms with Crippen LogP contribution in [0.15, 0.2) is 58.1 Å². The summed E-state index contributed by atoms with van der Waals surface area (Å²) in [5.74, 6) is 0.260. The minimum atomic E-state index is -0.471. The molecule has 2 aromatic rings. The van der Waals surface area contributed by atoms with E-state index >= 15 is 0 Å². The molecule has 2 aliphatic heterocycles. The lowest BCUT2D eigenvalue weighted by molar-refractivity contribution is -0.114. The summed E-state index contributed by atoms with van der Waals surface area (Å²) in [5.41, 5.74) is 1.65. The first-order chi connectivity index (χ1) is 16.0. The molecule has 4 rings (SSSR count). The van der Waals surface area contributed by atoms with Crippen LogP contribution in [0.25, 0.3) is 6.08 Å². The molecule has 1 N–H and O–H groups in total. The predicted octanol–water partition coefficient (Wildman–Crippen LogP) is 5.22. The van der Waals surface area contributed by atoms with Crippen molar-refractivity contribution < 1.29 is 18.7 Å². The highest BCUT2D eigenvalue weighted by atomic mass is 32.2. The van der Waals surface area contributed by atoms with E-state index in [1.807, 2.05) is 13.8 Å². The van der Waals surface area contributed by atoms with Gasteiger partial charge in [-0.25, -0.2) is 4.39 Å². The maximum Gasteiger partial charge on any atom is 0.283 e. The number of nitrogens with one attached hydrogen (secondary N) is 1. The lowest BCUT2D eigenvalue weighted by Gasteiger charge is -2.20. The molecule has 0 aromatic heterocycles. The van der Waals surface area contributed by atoms with E-state index in [0.717, 1.165) is 23.4 Å². The molecule has 2 heterocycles. The fraction of sp³-hybridized carbons (Fsp3) is 0.250. The molecule has 0 saturated carbocycles. The van der Waals surface area contributed by atoms with Crippen molar-refractivity contribution in [2.75, 3.05) is 6.61 Å². The third-order valence-electron chi connectivity index (χ3n) is 4.85. The van der Waals surface area contributed by atoms with Crippen LogP contribution >= 0.6 is 11.8 Å². The van der Waals surface area contributed by atoms with Crippen LogP contribution < -0.4 is 9.47 Å². The summed E-state index contributed by atoms with van der Waals surface area (Å²) in [6, 6.07) is 11.4. The van der Waals surface area contributed by atoms with Gasteiger partial charge in [0, 0.05) is 0 Å². The number of carbonyl (C=O) groups excluding carboxylic acids is 1. The van der Waals surface area contributed by atoms with E-state index in [4.69, 9.17) is 14.9 Å². The molecule has 0 aliphatic carbocycles. The topological polar surface area (TPSA) is 87.3 Å². The molecular weight excluding hydrogens is 443 g/mol. The van der Waals surface area contributed by atoms with E-state index < -0.39 is 5.91 Å². The molecule has 0 bridgehead atoms. The molecule has 0 saturated heterocycles. The fourth-order valence-electron chi connectivity index (χ4n) is 3.26. The van der Waals surface area contributed by atoms with Crippen molar-refractivity contribution in [3.05, 3.63) is 65.0 Å². The number of benzene rings is 2. The molecular formula is C24H23FN4O3S. The standard InChI is InChI=1S/C24H23FN4O3S/c1-3-5-21-28-29-22(26)18(23(30)27-24(29)33-21)12-16-8-11-19(20(13-16)31-4-2)32-14-15-6-9-17(25)10-7-15/h6-13,26H,3-5,14H2,1-2H3. The second-order valence-corrected chi connectivity index (χ2v) is 8.36. The van der Waals surface area contributed by atoms with Crippen molar-refractivity contribution in [3.63, 3.8) is 0 Å². The predicted molar refractivity (Wildman–Crippen MR) is 128 cm³/mol. The maximum atomic E-state index is 13.1. The number of ether oxygens (including phenoxy) is 2. The van der Waals surface area contributed by atoms with Crippen LogP contribution in [0, 0.1) is 11.2 Å². The molecule has 0 fully saturated rings. The Hall–Kier alpha value is -3.46. The van der Waals surface area contributed by atoms with Gasteiger partial charge in [-0.05, 0) is 73.0 Å². The van der Waals surface area contributed by atoms with Crippen molar-refractivity contribution in [2.45, 2.75) is 33.3 Å². The van der Waals surface area contributed by atoms with Gasteiger partial charge < -0.3 is 9.47 Å². The van der Waals surface area contributed by atoms with Crippen LogP contribution in [0.1, 0.15) is 37.8 Å². The van der Waals surface area contributed by atoms with Gasteiger partial charge in [0.05, 0.1) is 12.2 Å². The van der Waals surface area contributed by atoms with Gasteiger partial charge in [-0.1, -0.05) is 25.1 Å². The molecule has 7 nitrogen and oxygen atoms in total. The van der Waals surface area contributed by atoms with E-state index in [0.29, 0.717) is 28.8 Å². The van der Waals surface area contributed by atoms with Crippen LogP contribution in [0.5, 0.6) is 11.5 Å². The molecule has 2 aromatic carbocycles. The van der Waals surface area contributed by atoms with Crippen LogP contribution in [0.2, 0.25) is 0 Å². The summed E-state index contributed by atoms with van der Waals surface area (Å²) >= 11 is 1.33. The molecule has 0 atom stereocenters. The van der Waals surface area contributed by atoms with E-state index in [2.05, 4.69) is 10.1 Å². The minimum Gasteiger partial charge on any atom is -0.490 e. The molecule has 0 unspecified atom stereocenters. The monoisotopic (exact) mass is 466 g/mol. The average molecular weight is 467 g/mol. The number of amides is 1. The first-order valence-electron chi connectivity index (χ1n) is 10.6. The number of nitrogens with zero attached hydrogens (tertiary/aromatic N) is 3. The highest BCUT2D eigenvalue weighted by Crippen LogP contribution is 2.32. The minimum absolute atomic E-state index is 0.00167. The molecule has 0 radical (unpaired) electrons. The fourth-order valence-corrected chi connectivity index (χ4v) is 4.24. The Morgan fingerprint density at radius 1 is 1.12 bits per heavy atom. The maximum absolute atomic E-state index is 13.1. The molecule has 9 heteroatoms. The lowest BCUT2D eigenvalue weighted by atomic mass is 10.1. The quantitative estimate of drug-likeness (QED) is 0.539. The normalized spacial score (nSPS) is 16.6. The zero-order valence-electron chi connectivity index (χ0n) is 18.3. The van der Waals surface area contributed by atoms with Crippen molar-refractivity contribution in [1.82, 2.24) is 5.01 Å². The second-order valence-electron chi connectivity index (χ2n) is 7.32. The molecule has 170 valence electrons. The van der Waals surface area contributed by atoms with Crippen molar-refractivity contribution in [3.8, 4) is 11.5 Å². The highest BCUT2D eigenvalue weighted by Gasteiger charge is 2.35. The van der Waals surface area contributed by atoms with Crippen molar-refractivity contribution in [2.24, 2.45) is 10.1 Å². The Balaban J connectivity index is 1.56. The number of amidine groups is 2. The molecule has 0 spiro atoms. The van der Waals surface area contributed by atoms with E-state index in [9.17, 15) is 9.18 Å². The summed E-state index contributed by atoms with van der Waals surface area (Å²) < 4.78 is 24.7. The zero-order valence-corrected chi connectivity index (χ0v) is 19.1. The van der Waals surface area contributed by atoms with Crippen LogP contribution in [-0.2, 0) is 11.4 Å². The number of carbonyl (C=O) groups is 1. The van der Waals surface area contributed by atoms with E-state index in [1.54, 1.807) is 36.4 Å². The van der Waals surface area contributed by atoms with Gasteiger partial charge in [-0.15, -0.1) is 0 Å². The summed E-state index contributed by atoms with van der Waals surface area (Å²) in [6.45, 7) is 4.59. The van der Waals surface area contributed by atoms with Gasteiger partial charge in [-0.3, -0.25) is 10.2 Å². The highest BCUT2D eigenvalue weighted by molar-refractivity contribution is 8.26. The Labute approximate surface area is 195 Å². The average Bonchev–Trinajstić information content (AvgIpc) is 3.20. The number of hydrogen-bond acceptors (Lipinski definition) is 6. The number of rotatable bonds is 8. The van der Waals surface area contributed by atoms with Crippen LogP contribution in [0.3, 0.4) is 0 Å². The Morgan fingerprint density at radius 3 is 2.64 bits per heavy atom. The second kappa shape index (κ2) is 9.99. The van der Waals surface area contributed by atoms with E-state index in [1.165, 1.54) is 28.9 Å². The van der Waals surface area contributed by atoms with Gasteiger partial charge in [0.2, 0.25) is 5.17 Å². The summed E-state index contributed by atoms with van der Waals surface area (Å²) in [6.07, 6.45) is 3.31. The van der Waals surface area contributed by atoms with Crippen LogP contribution in [-0.4, -0.2) is 33.6 Å². The lowest BCUT2D eigenvalue weighted by Crippen LogP contribution is -2.35. The smallest absolute Gasteiger partial charge is 0.283 e. The first-order valence-corrected chi connectivity index (χ1v) is 11.4. The van der Waals surface area contributed by atoms with Gasteiger partial charge in [0.25, 0.3) is 5.91 Å². The number of fused-ring (bicyclic) bond motifs is 1. The SMILES string of the molecule is CCCC1=NN2C(=N)C(=Cc3ccc(OCc4ccc(F)cc4)c(OCC)c3)C(=O)N=C2S1. The van der Waals surface area contributed by atoms with Gasteiger partial charge in [0.15, 0.2) is 17.3 Å². The number of hydrazone groups is 1. The van der Waals surface area contributed by atoms with E-state index in [-0.39, 0.29) is 23.8 Å². The number of aliphatic imine (C=N–C) groups is 1. The first kappa shape index (κ1) is 22.7. The number of halogens is 1. The van der Waals surface area contributed by atoms with Crippen LogP contribution in [0.4, 0.5) is 4.39 Å². The molecule has 2 aliphatic rings. The third kappa shape index (κ3) is 5.14. The Bertz CT molecular complexity index is 1170. The number of thioether (sulfide) groups is 1. The largest absolute Gasteiger partial charge is 0.490 e. The number of hydrogen-bond donors (Lipinski definition) is 1. The Morgan fingerprint density at radius 2 is 1.91 bits per heavy atom. The third-order valence-corrected chi connectivity index (χ3v) is 5.81. The Kier molecular flexibility index (Phi) is 6.88. The van der Waals surface area contributed by atoms with Gasteiger partial charge in [-0.2, -0.15) is 15.1 Å². The van der Waals surface area contributed by atoms with Crippen molar-refractivity contribution >= 4 is 39.8 Å². The van der Waals surface area contributed by atoms with Gasteiger partial charge in [0.1, 0.15) is 17.5 Å². The summed E-state index contributed by atoms with van der Waals surface area (Å²) in [5, 5.41) is 15.6. The summed E-state index contributed by atoms with van der Waals surface area (Å²) in [4.78, 5) is 16.7.